The number of ether oxygens (including phenoxy) is 1. The van der Waals surface area contributed by atoms with Crippen LogP contribution >= 0.6 is 0 Å². The number of carbonyl (C=O) groups excluding carboxylic acids is 2. The quantitative estimate of drug-likeness (QED) is 0.753. The number of likely N-dealkylation sites (N-methyl/N-ethyl adjacent to an activating group) is 1. The minimum absolute atomic E-state index is 0.00604. The van der Waals surface area contributed by atoms with E-state index in [1.54, 1.807) is 7.11 Å². The summed E-state index contributed by atoms with van der Waals surface area (Å²) < 4.78 is 5.35. The van der Waals surface area contributed by atoms with Crippen LogP contribution in [0, 0.1) is 5.92 Å². The second kappa shape index (κ2) is 9.41. The highest BCUT2D eigenvalue weighted by molar-refractivity contribution is 5.97. The van der Waals surface area contributed by atoms with Crippen molar-refractivity contribution in [3.63, 3.8) is 0 Å². The second-order valence-electron chi connectivity index (χ2n) is 7.87. The summed E-state index contributed by atoms with van der Waals surface area (Å²) in [5.41, 5.74) is 0.604. The van der Waals surface area contributed by atoms with E-state index in [0.717, 1.165) is 32.5 Å². The predicted molar refractivity (Wildman–Crippen MR) is 110 cm³/mol. The molecule has 6 nitrogen and oxygen atoms in total. The zero-order valence-corrected chi connectivity index (χ0v) is 17.4. The van der Waals surface area contributed by atoms with Crippen LogP contribution < -0.4 is 4.74 Å². The fourth-order valence-corrected chi connectivity index (χ4v) is 4.51. The Morgan fingerprint density at radius 1 is 1.14 bits per heavy atom. The van der Waals surface area contributed by atoms with Crippen LogP contribution in [0.5, 0.6) is 5.75 Å². The van der Waals surface area contributed by atoms with Gasteiger partial charge in [0.05, 0.1) is 18.7 Å². The molecule has 0 aromatic heterocycles. The zero-order chi connectivity index (χ0) is 20.1. The number of methoxy groups -OCH3 is 1. The monoisotopic (exact) mass is 387 g/mol. The number of rotatable bonds is 6. The number of carbonyl (C=O) groups is 2. The molecule has 0 spiro atoms. The van der Waals surface area contributed by atoms with Gasteiger partial charge < -0.3 is 14.5 Å². The van der Waals surface area contributed by atoms with Crippen molar-refractivity contribution in [1.29, 1.82) is 0 Å². The molecule has 0 unspecified atom stereocenters. The number of benzene rings is 1. The number of hydrogen-bond donors (Lipinski definition) is 0. The number of piperazine rings is 1. The Morgan fingerprint density at radius 3 is 2.39 bits per heavy atom. The van der Waals surface area contributed by atoms with E-state index >= 15 is 0 Å². The average molecular weight is 388 g/mol. The zero-order valence-electron chi connectivity index (χ0n) is 17.4. The molecule has 1 atom stereocenters. The first-order valence-electron chi connectivity index (χ1n) is 10.5. The van der Waals surface area contributed by atoms with Gasteiger partial charge in [0.1, 0.15) is 5.75 Å². The summed E-state index contributed by atoms with van der Waals surface area (Å²) in [5, 5.41) is 0. The summed E-state index contributed by atoms with van der Waals surface area (Å²) in [6.07, 6.45) is 4.70. The van der Waals surface area contributed by atoms with Gasteiger partial charge >= 0.3 is 0 Å². The summed E-state index contributed by atoms with van der Waals surface area (Å²) in [6.45, 7) is 5.52. The van der Waals surface area contributed by atoms with Gasteiger partial charge in [0.2, 0.25) is 5.91 Å². The van der Waals surface area contributed by atoms with E-state index in [0.29, 0.717) is 30.3 Å². The van der Waals surface area contributed by atoms with Crippen molar-refractivity contribution < 1.29 is 14.3 Å². The van der Waals surface area contributed by atoms with Gasteiger partial charge in [0.15, 0.2) is 0 Å². The van der Waals surface area contributed by atoms with E-state index in [-0.39, 0.29) is 17.9 Å². The molecule has 0 bridgehead atoms. The number of nitrogens with zero attached hydrogens (tertiary/aromatic N) is 3. The lowest BCUT2D eigenvalue weighted by atomic mass is 9.94. The molecule has 0 N–H and O–H groups in total. The van der Waals surface area contributed by atoms with E-state index in [1.165, 1.54) is 12.8 Å². The summed E-state index contributed by atoms with van der Waals surface area (Å²) in [6, 6.07) is 7.32. The van der Waals surface area contributed by atoms with Crippen molar-refractivity contribution in [3.05, 3.63) is 29.8 Å². The number of amides is 2. The molecule has 1 aromatic rings. The average Bonchev–Trinajstić information content (AvgIpc) is 3.27. The molecule has 1 aliphatic carbocycles. The molecule has 2 fully saturated rings. The van der Waals surface area contributed by atoms with Crippen LogP contribution in [0.4, 0.5) is 0 Å². The maximum atomic E-state index is 13.1. The molecule has 1 aromatic carbocycles. The fourth-order valence-electron chi connectivity index (χ4n) is 4.51. The Kier molecular flexibility index (Phi) is 6.94. The lowest BCUT2D eigenvalue weighted by Crippen LogP contribution is -2.58. The first-order chi connectivity index (χ1) is 13.6. The molecule has 2 aliphatic rings. The lowest BCUT2D eigenvalue weighted by molar-refractivity contribution is -0.138. The van der Waals surface area contributed by atoms with Crippen LogP contribution in [0.3, 0.4) is 0 Å². The largest absolute Gasteiger partial charge is 0.496 e. The third-order valence-corrected chi connectivity index (χ3v) is 6.28. The Morgan fingerprint density at radius 2 is 1.79 bits per heavy atom. The molecule has 1 aliphatic heterocycles. The second-order valence-corrected chi connectivity index (χ2v) is 7.87. The lowest BCUT2D eigenvalue weighted by Gasteiger charge is -2.42. The van der Waals surface area contributed by atoms with Gasteiger partial charge in [-0.3, -0.25) is 14.5 Å². The van der Waals surface area contributed by atoms with E-state index in [1.807, 2.05) is 48.0 Å². The third kappa shape index (κ3) is 4.32. The van der Waals surface area contributed by atoms with Crippen molar-refractivity contribution in [2.45, 2.75) is 38.6 Å². The van der Waals surface area contributed by atoms with Gasteiger partial charge in [-0.1, -0.05) is 25.0 Å². The van der Waals surface area contributed by atoms with Crippen LogP contribution in [0.2, 0.25) is 0 Å². The highest BCUT2D eigenvalue weighted by Crippen LogP contribution is 2.32. The standard InChI is InChI=1S/C22H33N3O3/c1-4-23(2)22(27)20(17-9-5-6-10-17)24-13-15-25(16-14-24)21(26)18-11-7-8-12-19(18)28-3/h7-8,11-12,17,20H,4-6,9-10,13-16H2,1-3H3/t20-/m1/s1. The van der Waals surface area contributed by atoms with Crippen LogP contribution in [-0.4, -0.2) is 79.4 Å². The molecule has 28 heavy (non-hydrogen) atoms. The topological polar surface area (TPSA) is 53.1 Å². The highest BCUT2D eigenvalue weighted by atomic mass is 16.5. The van der Waals surface area contributed by atoms with Gasteiger partial charge in [-0.05, 0) is 37.8 Å². The fraction of sp³-hybridized carbons (Fsp3) is 0.636. The van der Waals surface area contributed by atoms with Gasteiger partial charge in [-0.25, -0.2) is 0 Å². The first kappa shape index (κ1) is 20.6. The molecule has 1 saturated carbocycles. The highest BCUT2D eigenvalue weighted by Gasteiger charge is 2.38. The van der Waals surface area contributed by atoms with Crippen molar-refractivity contribution in [3.8, 4) is 5.75 Å². The van der Waals surface area contributed by atoms with Gasteiger partial charge in [0, 0.05) is 39.8 Å². The summed E-state index contributed by atoms with van der Waals surface area (Å²) in [4.78, 5) is 32.1. The van der Waals surface area contributed by atoms with Crippen LogP contribution in [-0.2, 0) is 4.79 Å². The maximum Gasteiger partial charge on any atom is 0.257 e. The van der Waals surface area contributed by atoms with Crippen molar-refractivity contribution in [2.24, 2.45) is 5.92 Å². The Hall–Kier alpha value is -2.08. The summed E-state index contributed by atoms with van der Waals surface area (Å²) in [7, 11) is 3.48. The van der Waals surface area contributed by atoms with Crippen LogP contribution in [0.1, 0.15) is 43.0 Å². The maximum absolute atomic E-state index is 13.1. The third-order valence-electron chi connectivity index (χ3n) is 6.28. The molecule has 1 heterocycles. The van der Waals surface area contributed by atoms with Gasteiger partial charge in [-0.15, -0.1) is 0 Å². The summed E-state index contributed by atoms with van der Waals surface area (Å²) >= 11 is 0. The molecular weight excluding hydrogens is 354 g/mol. The van der Waals surface area contributed by atoms with Crippen molar-refractivity contribution in [2.75, 3.05) is 46.9 Å². The van der Waals surface area contributed by atoms with Crippen LogP contribution in [0.15, 0.2) is 24.3 Å². The van der Waals surface area contributed by atoms with Crippen molar-refractivity contribution >= 4 is 11.8 Å². The van der Waals surface area contributed by atoms with E-state index in [9.17, 15) is 9.59 Å². The molecular formula is C22H33N3O3. The Bertz CT molecular complexity index is 679. The molecule has 0 radical (unpaired) electrons. The Labute approximate surface area is 168 Å². The van der Waals surface area contributed by atoms with E-state index in [2.05, 4.69) is 4.90 Å². The van der Waals surface area contributed by atoms with Gasteiger partial charge in [-0.2, -0.15) is 0 Å². The molecule has 2 amide bonds. The first-order valence-corrected chi connectivity index (χ1v) is 10.5. The minimum Gasteiger partial charge on any atom is -0.496 e. The summed E-state index contributed by atoms with van der Waals surface area (Å²) in [5.74, 6) is 1.29. The normalized spacial score (nSPS) is 19.5. The molecule has 1 saturated heterocycles. The van der Waals surface area contributed by atoms with E-state index < -0.39 is 0 Å². The van der Waals surface area contributed by atoms with Crippen molar-refractivity contribution in [1.82, 2.24) is 14.7 Å². The van der Waals surface area contributed by atoms with Gasteiger partial charge in [0.25, 0.3) is 5.91 Å². The van der Waals surface area contributed by atoms with Crippen LogP contribution in [0.25, 0.3) is 0 Å². The Balaban J connectivity index is 1.68. The minimum atomic E-state index is -0.0454. The molecule has 3 rings (SSSR count). The molecule has 6 heteroatoms. The number of para-hydroxylation sites is 1. The molecule has 154 valence electrons. The van der Waals surface area contributed by atoms with E-state index in [4.69, 9.17) is 4.74 Å². The smallest absolute Gasteiger partial charge is 0.257 e. The predicted octanol–water partition coefficient (Wildman–Crippen LogP) is 2.49. The SMILES string of the molecule is CCN(C)C(=O)[C@@H](C1CCCC1)N1CCN(C(=O)c2ccccc2OC)CC1. The number of hydrogen-bond acceptors (Lipinski definition) is 4.